The van der Waals surface area contributed by atoms with E-state index in [0.717, 1.165) is 11.3 Å². The zero-order chi connectivity index (χ0) is 14.1. The predicted molar refractivity (Wildman–Crippen MR) is 75.1 cm³/mol. The number of carboxylic acid groups (broad SMARTS) is 1. The molecule has 0 radical (unpaired) electrons. The largest absolute Gasteiger partial charge is 0.492 e. The molecule has 1 atom stereocenters. The lowest BCUT2D eigenvalue weighted by Gasteiger charge is -2.13. The van der Waals surface area contributed by atoms with Crippen LogP contribution in [0.2, 0.25) is 0 Å². The Morgan fingerprint density at radius 1 is 1.47 bits per heavy atom. The van der Waals surface area contributed by atoms with Gasteiger partial charge >= 0.3 is 13.6 Å². The molecule has 1 unspecified atom stereocenters. The number of carboxylic acids is 1. The Labute approximate surface area is 118 Å². The van der Waals surface area contributed by atoms with Crippen molar-refractivity contribution in [3.63, 3.8) is 0 Å². The Kier molecular flexibility index (Phi) is 7.32. The first kappa shape index (κ1) is 15.8. The molecule has 0 amide bonds. The second-order valence-corrected chi connectivity index (χ2v) is 4.29. The van der Waals surface area contributed by atoms with Gasteiger partial charge in [-0.2, -0.15) is 0 Å². The highest BCUT2D eigenvalue weighted by molar-refractivity contribution is 6.24. The molecule has 19 heavy (non-hydrogen) atoms. The van der Waals surface area contributed by atoms with Crippen LogP contribution >= 0.6 is 11.6 Å². The van der Waals surface area contributed by atoms with E-state index in [1.165, 1.54) is 7.11 Å². The zero-order valence-corrected chi connectivity index (χ0v) is 11.5. The molecule has 0 aromatic heterocycles. The van der Waals surface area contributed by atoms with Gasteiger partial charge in [0.25, 0.3) is 0 Å². The Morgan fingerprint density at radius 3 is 2.68 bits per heavy atom. The Hall–Kier alpha value is -1.24. The van der Waals surface area contributed by atoms with Crippen LogP contribution < -0.4 is 9.96 Å². The van der Waals surface area contributed by atoms with Gasteiger partial charge in [0.05, 0.1) is 5.88 Å². The topological polar surface area (TPSA) is 67.8 Å². The van der Waals surface area contributed by atoms with Crippen LogP contribution in [-0.4, -0.2) is 44.3 Å². The molecule has 0 bridgehead atoms. The molecule has 0 saturated heterocycles. The van der Waals surface area contributed by atoms with Crippen molar-refractivity contribution in [2.45, 2.75) is 12.5 Å². The van der Waals surface area contributed by atoms with Gasteiger partial charge < -0.3 is 19.7 Å². The van der Waals surface area contributed by atoms with E-state index >= 15 is 0 Å². The second-order valence-electron chi connectivity index (χ2n) is 3.91. The highest BCUT2D eigenvalue weighted by Crippen LogP contribution is 2.13. The molecular weight excluding hydrogens is 268 g/mol. The Balaban J connectivity index is 2.56. The first-order valence-electron chi connectivity index (χ1n) is 5.90. The fourth-order valence-electron chi connectivity index (χ4n) is 1.54. The van der Waals surface area contributed by atoms with E-state index in [4.69, 9.17) is 26.1 Å². The van der Waals surface area contributed by atoms with E-state index in [1.54, 1.807) is 12.1 Å². The van der Waals surface area contributed by atoms with E-state index in [1.807, 2.05) is 12.1 Å². The van der Waals surface area contributed by atoms with E-state index in [9.17, 15) is 4.79 Å². The van der Waals surface area contributed by atoms with Crippen molar-refractivity contribution in [2.75, 3.05) is 19.6 Å². The molecule has 0 aliphatic carbocycles. The smallest absolute Gasteiger partial charge is 0.361 e. The molecule has 0 saturated carbocycles. The van der Waals surface area contributed by atoms with Crippen LogP contribution in [0.1, 0.15) is 5.56 Å². The van der Waals surface area contributed by atoms with Gasteiger partial charge in [-0.05, 0) is 24.1 Å². The third-order valence-corrected chi connectivity index (χ3v) is 2.64. The minimum Gasteiger partial charge on any atom is -0.492 e. The summed E-state index contributed by atoms with van der Waals surface area (Å²) < 4.78 is 10.2. The minimum atomic E-state index is -0.903. The maximum Gasteiger partial charge on any atom is 0.361 e. The highest BCUT2D eigenvalue weighted by atomic mass is 35.5. The summed E-state index contributed by atoms with van der Waals surface area (Å²) >= 11 is 5.52. The summed E-state index contributed by atoms with van der Waals surface area (Å²) in [4.78, 5) is 11.1. The highest BCUT2D eigenvalue weighted by Gasteiger charge is 2.17. The molecule has 2 N–H and O–H groups in total. The molecule has 0 fully saturated rings. The number of aliphatic carboxylic acids is 1. The number of ether oxygens (including phenoxy) is 1. The number of rotatable bonds is 9. The number of carbonyl (C=O) groups is 1. The van der Waals surface area contributed by atoms with Gasteiger partial charge in [-0.1, -0.05) is 12.1 Å². The van der Waals surface area contributed by atoms with Crippen molar-refractivity contribution >= 4 is 25.2 Å². The van der Waals surface area contributed by atoms with E-state index in [0.29, 0.717) is 18.9 Å². The first-order chi connectivity index (χ1) is 9.17. The van der Waals surface area contributed by atoms with Crippen LogP contribution in [0.3, 0.4) is 0 Å². The van der Waals surface area contributed by atoms with Gasteiger partial charge in [0.2, 0.25) is 0 Å². The summed E-state index contributed by atoms with van der Waals surface area (Å²) in [5.74, 6) is 0.254. The fraction of sp³-hybridized carbons (Fsp3) is 0.417. The summed E-state index contributed by atoms with van der Waals surface area (Å²) in [6.45, 7) is 0.452. The van der Waals surface area contributed by atoms with Crippen molar-refractivity contribution in [2.24, 2.45) is 0 Å². The molecule has 7 heteroatoms. The average Bonchev–Trinajstić information content (AvgIpc) is 2.42. The predicted octanol–water partition coefficient (Wildman–Crippen LogP) is 0.802. The number of nitrogens with one attached hydrogen (secondary N) is 1. The summed E-state index contributed by atoms with van der Waals surface area (Å²) in [7, 11) is 1.71. The van der Waals surface area contributed by atoms with Crippen molar-refractivity contribution < 1.29 is 19.3 Å². The normalized spacial score (nSPS) is 11.9. The Morgan fingerprint density at radius 2 is 2.16 bits per heavy atom. The van der Waals surface area contributed by atoms with Gasteiger partial charge in [-0.15, -0.1) is 11.6 Å². The quantitative estimate of drug-likeness (QED) is 0.519. The molecule has 1 aromatic rings. The van der Waals surface area contributed by atoms with Gasteiger partial charge in [0.15, 0.2) is 0 Å². The number of hydrogen-bond donors (Lipinski definition) is 2. The number of hydrogen-bond acceptors (Lipinski definition) is 4. The van der Waals surface area contributed by atoms with E-state index < -0.39 is 12.0 Å². The van der Waals surface area contributed by atoms with E-state index in [-0.39, 0.29) is 7.62 Å². The van der Waals surface area contributed by atoms with Crippen molar-refractivity contribution in [3.8, 4) is 5.75 Å². The minimum absolute atomic E-state index is 0.202. The summed E-state index contributed by atoms with van der Waals surface area (Å²) in [5.41, 5.74) is 0.911. The van der Waals surface area contributed by atoms with Crippen LogP contribution in [0.25, 0.3) is 0 Å². The van der Waals surface area contributed by atoms with Gasteiger partial charge in [-0.25, -0.2) is 0 Å². The molecule has 0 aliphatic rings. The van der Waals surface area contributed by atoms with Crippen LogP contribution in [0.4, 0.5) is 0 Å². The zero-order valence-electron chi connectivity index (χ0n) is 10.8. The molecule has 0 aliphatic heterocycles. The average molecular weight is 286 g/mol. The number of benzene rings is 1. The standard InChI is InChI=1S/C12H17BClNO4/c1-18-13-15-11(12(16)17)8-9-2-4-10(5-3-9)19-7-6-14/h2-5,11,13,15H,6-8H2,1H3,(H,16,17). The van der Waals surface area contributed by atoms with Crippen LogP contribution in [0, 0.1) is 0 Å². The summed E-state index contributed by atoms with van der Waals surface area (Å²) in [6.07, 6.45) is 0.383. The van der Waals surface area contributed by atoms with E-state index in [2.05, 4.69) is 5.23 Å². The molecule has 0 spiro atoms. The Bertz CT molecular complexity index is 388. The van der Waals surface area contributed by atoms with Crippen molar-refractivity contribution in [1.29, 1.82) is 0 Å². The molecule has 5 nitrogen and oxygen atoms in total. The molecule has 1 rings (SSSR count). The van der Waals surface area contributed by atoms with Crippen molar-refractivity contribution in [3.05, 3.63) is 29.8 Å². The van der Waals surface area contributed by atoms with Gasteiger partial charge in [0, 0.05) is 7.11 Å². The third-order valence-electron chi connectivity index (χ3n) is 2.48. The SMILES string of the molecule is COBNC(Cc1ccc(OCCCl)cc1)C(=O)O. The molecular formula is C12H17BClNO4. The maximum absolute atomic E-state index is 11.1. The maximum atomic E-state index is 11.1. The van der Waals surface area contributed by atoms with Gasteiger partial charge in [-0.3, -0.25) is 4.79 Å². The molecule has 1 aromatic carbocycles. The fourth-order valence-corrected chi connectivity index (χ4v) is 1.62. The number of alkyl halides is 1. The lowest BCUT2D eigenvalue weighted by molar-refractivity contribution is -0.139. The monoisotopic (exact) mass is 285 g/mol. The summed E-state index contributed by atoms with van der Waals surface area (Å²) in [5, 5.41) is 11.9. The molecule has 0 heterocycles. The van der Waals surface area contributed by atoms with Crippen LogP contribution in [-0.2, 0) is 15.9 Å². The molecule has 104 valence electrons. The lowest BCUT2D eigenvalue weighted by Crippen LogP contribution is -2.41. The van der Waals surface area contributed by atoms with Crippen LogP contribution in [0.15, 0.2) is 24.3 Å². The number of halogens is 1. The first-order valence-corrected chi connectivity index (χ1v) is 6.43. The van der Waals surface area contributed by atoms with Crippen LogP contribution in [0.5, 0.6) is 5.75 Å². The van der Waals surface area contributed by atoms with Gasteiger partial charge in [0.1, 0.15) is 18.4 Å². The lowest BCUT2D eigenvalue weighted by atomic mass is 10.0. The van der Waals surface area contributed by atoms with Crippen molar-refractivity contribution in [1.82, 2.24) is 5.23 Å². The second kappa shape index (κ2) is 8.80. The summed E-state index contributed by atoms with van der Waals surface area (Å²) in [6, 6.07) is 6.62. The third kappa shape index (κ3) is 5.96.